The van der Waals surface area contributed by atoms with Crippen LogP contribution in [-0.2, 0) is 4.74 Å². The van der Waals surface area contributed by atoms with E-state index >= 15 is 0 Å². The van der Waals surface area contributed by atoms with Crippen LogP contribution in [0, 0.1) is 11.3 Å². The van der Waals surface area contributed by atoms with Crippen molar-refractivity contribution in [2.75, 3.05) is 26.7 Å². The summed E-state index contributed by atoms with van der Waals surface area (Å²) in [5, 5.41) is 13.3. The van der Waals surface area contributed by atoms with Crippen molar-refractivity contribution in [3.63, 3.8) is 0 Å². The monoisotopic (exact) mass is 272 g/mol. The number of aliphatic hydroxyl groups is 1. The summed E-state index contributed by atoms with van der Waals surface area (Å²) in [5.74, 6) is 0.102. The standard InChI is InChI=1S/C14H28N2O3/c1-10(17)11-6-12(15-9-14(2,3)4)8-16(7-11)13(18)19-5/h10-12,15,17H,6-9H2,1-5H3. The minimum absolute atomic E-state index is 0.102. The Labute approximate surface area is 116 Å². The molecule has 2 N–H and O–H groups in total. The molecule has 3 atom stereocenters. The van der Waals surface area contributed by atoms with Crippen LogP contribution in [0.15, 0.2) is 0 Å². The van der Waals surface area contributed by atoms with Crippen molar-refractivity contribution in [1.29, 1.82) is 0 Å². The van der Waals surface area contributed by atoms with Crippen molar-refractivity contribution in [1.82, 2.24) is 10.2 Å². The topological polar surface area (TPSA) is 61.8 Å². The van der Waals surface area contributed by atoms with Gasteiger partial charge in [-0.05, 0) is 18.8 Å². The van der Waals surface area contributed by atoms with Gasteiger partial charge in [-0.1, -0.05) is 20.8 Å². The second-order valence-corrected chi connectivity index (χ2v) is 6.75. The van der Waals surface area contributed by atoms with Crippen molar-refractivity contribution in [2.24, 2.45) is 11.3 Å². The first-order valence-corrected chi connectivity index (χ1v) is 6.97. The number of piperidine rings is 1. The zero-order valence-electron chi connectivity index (χ0n) is 12.8. The largest absolute Gasteiger partial charge is 0.453 e. The SMILES string of the molecule is COC(=O)N1CC(NCC(C)(C)C)CC(C(C)O)C1. The number of likely N-dealkylation sites (tertiary alicyclic amines) is 1. The van der Waals surface area contributed by atoms with Crippen LogP contribution in [0.1, 0.15) is 34.1 Å². The van der Waals surface area contributed by atoms with E-state index in [9.17, 15) is 9.90 Å². The number of nitrogens with one attached hydrogen (secondary N) is 1. The Morgan fingerprint density at radius 3 is 2.58 bits per heavy atom. The van der Waals surface area contributed by atoms with Gasteiger partial charge in [0.05, 0.1) is 13.2 Å². The van der Waals surface area contributed by atoms with E-state index in [0.29, 0.717) is 13.1 Å². The van der Waals surface area contributed by atoms with Gasteiger partial charge in [0.25, 0.3) is 0 Å². The summed E-state index contributed by atoms with van der Waals surface area (Å²) in [6.45, 7) is 10.4. The first-order valence-electron chi connectivity index (χ1n) is 6.97. The maximum Gasteiger partial charge on any atom is 0.409 e. The Balaban J connectivity index is 2.62. The lowest BCUT2D eigenvalue weighted by Gasteiger charge is -2.39. The summed E-state index contributed by atoms with van der Waals surface area (Å²) in [5.41, 5.74) is 0.202. The number of carbonyl (C=O) groups is 1. The molecule has 1 rings (SSSR count). The highest BCUT2D eigenvalue weighted by Crippen LogP contribution is 2.22. The lowest BCUT2D eigenvalue weighted by molar-refractivity contribution is 0.0414. The van der Waals surface area contributed by atoms with Crippen LogP contribution in [0.2, 0.25) is 0 Å². The van der Waals surface area contributed by atoms with Crippen molar-refractivity contribution in [3.8, 4) is 0 Å². The highest BCUT2D eigenvalue weighted by molar-refractivity contribution is 5.67. The summed E-state index contributed by atoms with van der Waals surface area (Å²) in [4.78, 5) is 13.4. The van der Waals surface area contributed by atoms with Gasteiger partial charge in [0.2, 0.25) is 0 Å². The Morgan fingerprint density at radius 1 is 1.47 bits per heavy atom. The lowest BCUT2D eigenvalue weighted by atomic mass is 9.89. The molecule has 1 heterocycles. The molecule has 0 aliphatic carbocycles. The number of rotatable bonds is 3. The van der Waals surface area contributed by atoms with Gasteiger partial charge < -0.3 is 20.1 Å². The summed E-state index contributed by atoms with van der Waals surface area (Å²) in [7, 11) is 1.39. The van der Waals surface area contributed by atoms with E-state index in [4.69, 9.17) is 4.74 Å². The van der Waals surface area contributed by atoms with Gasteiger partial charge in [0.1, 0.15) is 0 Å². The number of carbonyl (C=O) groups excluding carboxylic acids is 1. The fourth-order valence-corrected chi connectivity index (χ4v) is 2.36. The number of nitrogens with zero attached hydrogens (tertiary/aromatic N) is 1. The van der Waals surface area contributed by atoms with E-state index in [1.807, 2.05) is 0 Å². The Morgan fingerprint density at radius 2 is 2.11 bits per heavy atom. The van der Waals surface area contributed by atoms with Gasteiger partial charge >= 0.3 is 6.09 Å². The molecule has 0 aromatic rings. The van der Waals surface area contributed by atoms with Crippen molar-refractivity contribution in [2.45, 2.75) is 46.3 Å². The molecule has 1 amide bonds. The molecule has 0 bridgehead atoms. The van der Waals surface area contributed by atoms with Crippen LogP contribution in [0.5, 0.6) is 0 Å². The molecule has 0 radical (unpaired) electrons. The smallest absolute Gasteiger partial charge is 0.409 e. The summed E-state index contributed by atoms with van der Waals surface area (Å²) in [6.07, 6.45) is 0.167. The third-order valence-electron chi connectivity index (χ3n) is 3.52. The van der Waals surface area contributed by atoms with E-state index in [-0.39, 0.29) is 23.5 Å². The lowest BCUT2D eigenvalue weighted by Crippen LogP contribution is -2.54. The van der Waals surface area contributed by atoms with Crippen molar-refractivity contribution >= 4 is 6.09 Å². The fourth-order valence-electron chi connectivity index (χ4n) is 2.36. The van der Waals surface area contributed by atoms with E-state index in [1.54, 1.807) is 11.8 Å². The molecule has 1 saturated heterocycles. The number of ether oxygens (including phenoxy) is 1. The van der Waals surface area contributed by atoms with Gasteiger partial charge in [-0.25, -0.2) is 4.79 Å². The average molecular weight is 272 g/mol. The van der Waals surface area contributed by atoms with Gasteiger partial charge in [-0.15, -0.1) is 0 Å². The molecule has 0 spiro atoms. The van der Waals surface area contributed by atoms with Crippen LogP contribution in [0.4, 0.5) is 4.79 Å². The second-order valence-electron chi connectivity index (χ2n) is 6.75. The van der Waals surface area contributed by atoms with Crippen molar-refractivity contribution < 1.29 is 14.6 Å². The molecule has 1 aliphatic rings. The molecule has 0 aromatic carbocycles. The van der Waals surface area contributed by atoms with Crippen molar-refractivity contribution in [3.05, 3.63) is 0 Å². The van der Waals surface area contributed by atoms with Crippen LogP contribution in [-0.4, -0.2) is 55.0 Å². The first-order chi connectivity index (χ1) is 8.73. The highest BCUT2D eigenvalue weighted by atomic mass is 16.5. The molecule has 1 aliphatic heterocycles. The minimum Gasteiger partial charge on any atom is -0.453 e. The summed E-state index contributed by atoms with van der Waals surface area (Å²) >= 11 is 0. The Bertz CT molecular complexity index is 300. The molecular weight excluding hydrogens is 244 g/mol. The molecular formula is C14H28N2O3. The zero-order chi connectivity index (χ0) is 14.6. The molecule has 1 fully saturated rings. The maximum atomic E-state index is 11.7. The molecule has 112 valence electrons. The number of methoxy groups -OCH3 is 1. The van der Waals surface area contributed by atoms with Gasteiger partial charge in [0, 0.05) is 31.6 Å². The Kier molecular flexibility index (Phi) is 5.62. The van der Waals surface area contributed by atoms with Crippen LogP contribution in [0.3, 0.4) is 0 Å². The zero-order valence-corrected chi connectivity index (χ0v) is 12.8. The average Bonchev–Trinajstić information content (AvgIpc) is 2.34. The van der Waals surface area contributed by atoms with Gasteiger partial charge in [-0.3, -0.25) is 0 Å². The van der Waals surface area contributed by atoms with Gasteiger partial charge in [-0.2, -0.15) is 0 Å². The second kappa shape index (κ2) is 6.57. The normalized spacial score (nSPS) is 26.1. The number of aliphatic hydroxyl groups excluding tert-OH is 1. The predicted octanol–water partition coefficient (Wildman–Crippen LogP) is 1.46. The van der Waals surface area contributed by atoms with E-state index in [1.165, 1.54) is 7.11 Å². The molecule has 19 heavy (non-hydrogen) atoms. The molecule has 5 heteroatoms. The quantitative estimate of drug-likeness (QED) is 0.816. The summed E-state index contributed by atoms with van der Waals surface area (Å²) < 4.78 is 4.79. The maximum absolute atomic E-state index is 11.7. The van der Waals surface area contributed by atoms with Crippen LogP contribution >= 0.6 is 0 Å². The predicted molar refractivity (Wildman–Crippen MR) is 75.0 cm³/mol. The molecule has 5 nitrogen and oxygen atoms in total. The van der Waals surface area contributed by atoms with E-state index < -0.39 is 6.10 Å². The third-order valence-corrected chi connectivity index (χ3v) is 3.52. The molecule has 0 aromatic heterocycles. The van der Waals surface area contributed by atoms with Gasteiger partial charge in [0.15, 0.2) is 0 Å². The molecule has 0 saturated carbocycles. The summed E-state index contributed by atoms with van der Waals surface area (Å²) in [6, 6.07) is 0.215. The first kappa shape index (κ1) is 16.2. The highest BCUT2D eigenvalue weighted by Gasteiger charge is 2.32. The number of hydrogen-bond donors (Lipinski definition) is 2. The Hall–Kier alpha value is -0.810. The van der Waals surface area contributed by atoms with Crippen LogP contribution in [0.25, 0.3) is 0 Å². The van der Waals surface area contributed by atoms with Crippen LogP contribution < -0.4 is 5.32 Å². The van der Waals surface area contributed by atoms with E-state index in [2.05, 4.69) is 26.1 Å². The minimum atomic E-state index is -0.411. The van der Waals surface area contributed by atoms with E-state index in [0.717, 1.165) is 13.0 Å². The number of hydrogen-bond acceptors (Lipinski definition) is 4. The number of amides is 1. The molecule has 3 unspecified atom stereocenters. The third kappa shape index (κ3) is 5.37. The fraction of sp³-hybridized carbons (Fsp3) is 0.929.